The number of ether oxygens (including phenoxy) is 1. The number of nitrogens with two attached hydrogens (primary N) is 1. The van der Waals surface area contributed by atoms with Crippen molar-refractivity contribution in [3.63, 3.8) is 0 Å². The molecular weight excluding hydrogens is 149 g/mol. The van der Waals surface area contributed by atoms with E-state index in [1.807, 2.05) is 0 Å². The van der Waals surface area contributed by atoms with Crippen molar-refractivity contribution in [2.45, 2.75) is 0 Å². The van der Waals surface area contributed by atoms with Crippen molar-refractivity contribution in [2.24, 2.45) is 0 Å². The molecule has 60 valence electrons. The molecule has 0 unspecified atom stereocenters. The first-order valence-corrected chi connectivity index (χ1v) is 2.97. The molecule has 0 radical (unpaired) electrons. The van der Waals surface area contributed by atoms with Gasteiger partial charge < -0.3 is 15.6 Å². The van der Waals surface area contributed by atoms with Crippen LogP contribution in [-0.2, 0) is 0 Å². The Morgan fingerprint density at radius 2 is 2.18 bits per heavy atom. The Hall–Kier alpha value is -1.45. The summed E-state index contributed by atoms with van der Waals surface area (Å²) in [6.07, 6.45) is 0. The molecule has 3 N–H and O–H groups in total. The van der Waals surface area contributed by atoms with Gasteiger partial charge in [0, 0.05) is 12.1 Å². The zero-order valence-corrected chi connectivity index (χ0v) is 5.97. The number of rotatable bonds is 1. The first-order chi connectivity index (χ1) is 5.15. The molecule has 1 rings (SSSR count). The van der Waals surface area contributed by atoms with Crippen molar-refractivity contribution in [3.05, 3.63) is 17.9 Å². The molecule has 0 atom stereocenters. The van der Waals surface area contributed by atoms with Crippen LogP contribution >= 0.6 is 0 Å². The summed E-state index contributed by atoms with van der Waals surface area (Å²) in [5, 5.41) is 8.85. The Morgan fingerprint density at radius 3 is 2.73 bits per heavy atom. The predicted octanol–water partition coefficient (Wildman–Crippen LogP) is 1.12. The Balaban J connectivity index is 3.21. The summed E-state index contributed by atoms with van der Waals surface area (Å²) in [7, 11) is 1.39. The second-order valence-corrected chi connectivity index (χ2v) is 2.05. The fraction of sp³-hybridized carbons (Fsp3) is 0.143. The average molecular weight is 157 g/mol. The molecular formula is C7H8FNO2. The zero-order valence-electron chi connectivity index (χ0n) is 5.97. The maximum Gasteiger partial charge on any atom is 0.167 e. The molecule has 0 fully saturated rings. The van der Waals surface area contributed by atoms with Crippen LogP contribution in [0.15, 0.2) is 12.1 Å². The van der Waals surface area contributed by atoms with Gasteiger partial charge in [-0.05, 0) is 0 Å². The van der Waals surface area contributed by atoms with Gasteiger partial charge in [0.1, 0.15) is 5.75 Å². The highest BCUT2D eigenvalue weighted by Crippen LogP contribution is 2.28. The molecule has 0 amide bonds. The predicted molar refractivity (Wildman–Crippen MR) is 39.0 cm³/mol. The van der Waals surface area contributed by atoms with E-state index in [9.17, 15) is 4.39 Å². The number of hydrogen-bond donors (Lipinski definition) is 2. The molecule has 1 aromatic rings. The lowest BCUT2D eigenvalue weighted by molar-refractivity contribution is 0.399. The van der Waals surface area contributed by atoms with Crippen molar-refractivity contribution in [2.75, 3.05) is 12.8 Å². The number of anilines is 1. The number of phenols is 1. The molecule has 0 heterocycles. The smallest absolute Gasteiger partial charge is 0.167 e. The molecule has 0 saturated heterocycles. The molecule has 3 nitrogen and oxygen atoms in total. The Morgan fingerprint density at radius 1 is 1.55 bits per heavy atom. The van der Waals surface area contributed by atoms with E-state index in [4.69, 9.17) is 15.6 Å². The second kappa shape index (κ2) is 2.65. The minimum absolute atomic E-state index is 0.169. The minimum Gasteiger partial charge on any atom is -0.505 e. The highest BCUT2D eigenvalue weighted by molar-refractivity contribution is 5.55. The van der Waals surface area contributed by atoms with E-state index in [0.717, 1.165) is 12.1 Å². The van der Waals surface area contributed by atoms with Gasteiger partial charge in [-0.25, -0.2) is 4.39 Å². The number of benzene rings is 1. The average Bonchev–Trinajstić information content (AvgIpc) is 1.97. The van der Waals surface area contributed by atoms with Crippen molar-refractivity contribution >= 4 is 5.69 Å². The number of nitrogen functional groups attached to an aromatic ring is 1. The van der Waals surface area contributed by atoms with Gasteiger partial charge in [-0.15, -0.1) is 0 Å². The number of phenolic OH excluding ortho intramolecular Hbond substituents is 1. The third kappa shape index (κ3) is 1.34. The van der Waals surface area contributed by atoms with Crippen LogP contribution < -0.4 is 10.5 Å². The normalized spacial score (nSPS) is 9.64. The Kier molecular flexibility index (Phi) is 1.85. The van der Waals surface area contributed by atoms with Gasteiger partial charge in [0.2, 0.25) is 0 Å². The van der Waals surface area contributed by atoms with Gasteiger partial charge in [-0.3, -0.25) is 0 Å². The lowest BCUT2D eigenvalue weighted by Crippen LogP contribution is -1.93. The third-order valence-electron chi connectivity index (χ3n) is 1.30. The Bertz CT molecular complexity index is 275. The van der Waals surface area contributed by atoms with Crippen LogP contribution in [0.5, 0.6) is 11.5 Å². The number of hydrogen-bond acceptors (Lipinski definition) is 3. The third-order valence-corrected chi connectivity index (χ3v) is 1.30. The first-order valence-electron chi connectivity index (χ1n) is 2.97. The lowest BCUT2D eigenvalue weighted by atomic mass is 10.2. The van der Waals surface area contributed by atoms with Gasteiger partial charge in [-0.2, -0.15) is 0 Å². The van der Waals surface area contributed by atoms with Gasteiger partial charge in [0.25, 0.3) is 0 Å². The van der Waals surface area contributed by atoms with Crippen molar-refractivity contribution in [1.29, 1.82) is 0 Å². The molecule has 0 saturated carbocycles. The fourth-order valence-electron chi connectivity index (χ4n) is 0.735. The highest BCUT2D eigenvalue weighted by atomic mass is 19.1. The maximum absolute atomic E-state index is 12.5. The van der Waals surface area contributed by atoms with Crippen LogP contribution in [0, 0.1) is 5.82 Å². The zero-order chi connectivity index (χ0) is 8.43. The summed E-state index contributed by atoms with van der Waals surface area (Å²) in [4.78, 5) is 0. The summed E-state index contributed by atoms with van der Waals surface area (Å²) in [6.45, 7) is 0. The van der Waals surface area contributed by atoms with Crippen molar-refractivity contribution < 1.29 is 14.2 Å². The Labute approximate surface area is 63.2 Å². The first kappa shape index (κ1) is 7.65. The maximum atomic E-state index is 12.5. The molecule has 1 aromatic carbocycles. The quantitative estimate of drug-likeness (QED) is 0.474. The highest BCUT2D eigenvalue weighted by Gasteiger charge is 2.05. The van der Waals surface area contributed by atoms with Crippen LogP contribution in [0.4, 0.5) is 10.1 Å². The van der Waals surface area contributed by atoms with E-state index < -0.39 is 11.6 Å². The van der Waals surface area contributed by atoms with Gasteiger partial charge in [0.15, 0.2) is 11.6 Å². The van der Waals surface area contributed by atoms with Crippen molar-refractivity contribution in [3.8, 4) is 11.5 Å². The topological polar surface area (TPSA) is 55.5 Å². The van der Waals surface area contributed by atoms with Crippen LogP contribution in [0.3, 0.4) is 0 Å². The number of aromatic hydroxyl groups is 1. The fourth-order valence-corrected chi connectivity index (χ4v) is 0.735. The lowest BCUT2D eigenvalue weighted by Gasteiger charge is -2.04. The second-order valence-electron chi connectivity index (χ2n) is 2.05. The standard InChI is InChI=1S/C7H8FNO2/c1-11-7-3-6(10)4(8)2-5(7)9/h2-3,10H,9H2,1H3. The summed E-state index contributed by atoms with van der Waals surface area (Å²) >= 11 is 0. The number of halogens is 1. The molecule has 0 aliphatic carbocycles. The summed E-state index contributed by atoms with van der Waals surface area (Å²) in [6, 6.07) is 2.14. The van der Waals surface area contributed by atoms with E-state index in [2.05, 4.69) is 0 Å². The molecule has 0 aliphatic heterocycles. The van der Waals surface area contributed by atoms with Crippen LogP contribution in [0.2, 0.25) is 0 Å². The number of methoxy groups -OCH3 is 1. The van der Waals surface area contributed by atoms with E-state index in [1.165, 1.54) is 7.11 Å². The molecule has 4 heteroatoms. The minimum atomic E-state index is -0.747. The van der Waals surface area contributed by atoms with E-state index in [0.29, 0.717) is 0 Å². The van der Waals surface area contributed by atoms with Gasteiger partial charge >= 0.3 is 0 Å². The van der Waals surface area contributed by atoms with Crippen LogP contribution in [0.1, 0.15) is 0 Å². The van der Waals surface area contributed by atoms with Gasteiger partial charge in [0.05, 0.1) is 12.8 Å². The molecule has 0 aliphatic rings. The summed E-state index contributed by atoms with van der Waals surface area (Å²) in [5.41, 5.74) is 5.49. The van der Waals surface area contributed by atoms with Gasteiger partial charge in [-0.1, -0.05) is 0 Å². The molecule has 0 aromatic heterocycles. The molecule has 11 heavy (non-hydrogen) atoms. The van der Waals surface area contributed by atoms with E-state index >= 15 is 0 Å². The van der Waals surface area contributed by atoms with Crippen LogP contribution in [0.25, 0.3) is 0 Å². The summed E-state index contributed by atoms with van der Waals surface area (Å²) < 4.78 is 17.2. The SMILES string of the molecule is COc1cc(O)c(F)cc1N. The van der Waals surface area contributed by atoms with Crippen molar-refractivity contribution in [1.82, 2.24) is 0 Å². The van der Waals surface area contributed by atoms with E-state index in [1.54, 1.807) is 0 Å². The van der Waals surface area contributed by atoms with E-state index in [-0.39, 0.29) is 11.4 Å². The van der Waals surface area contributed by atoms with Crippen LogP contribution in [-0.4, -0.2) is 12.2 Å². The molecule has 0 spiro atoms. The summed E-state index contributed by atoms with van der Waals surface area (Å²) in [5.74, 6) is -0.941. The largest absolute Gasteiger partial charge is 0.505 e. The monoisotopic (exact) mass is 157 g/mol. The molecule has 0 bridgehead atoms.